The first kappa shape index (κ1) is 17.3. The predicted octanol–water partition coefficient (Wildman–Crippen LogP) is 3.54. The SMILES string of the molecule is COc1cncc(-c2cnc3sc(NCc4ccc(N(C)C)cc4)nn23)c1. The van der Waals surface area contributed by atoms with Crippen molar-refractivity contribution in [3.05, 3.63) is 54.5 Å². The van der Waals surface area contributed by atoms with Crippen molar-refractivity contribution >= 4 is 27.1 Å². The molecule has 0 aliphatic rings. The Labute approximate surface area is 161 Å². The lowest BCUT2D eigenvalue weighted by molar-refractivity contribution is 0.413. The molecule has 0 radical (unpaired) electrons. The minimum atomic E-state index is 0.706. The summed E-state index contributed by atoms with van der Waals surface area (Å²) >= 11 is 1.52. The maximum absolute atomic E-state index is 5.26. The van der Waals surface area contributed by atoms with Crippen molar-refractivity contribution in [1.29, 1.82) is 0 Å². The average molecular weight is 380 g/mol. The molecule has 7 nitrogen and oxygen atoms in total. The minimum absolute atomic E-state index is 0.706. The van der Waals surface area contributed by atoms with Crippen molar-refractivity contribution in [2.45, 2.75) is 6.54 Å². The van der Waals surface area contributed by atoms with Gasteiger partial charge in [0.05, 0.1) is 25.2 Å². The Morgan fingerprint density at radius 2 is 1.96 bits per heavy atom. The molecule has 1 N–H and O–H groups in total. The van der Waals surface area contributed by atoms with Crippen LogP contribution in [0.1, 0.15) is 5.56 Å². The summed E-state index contributed by atoms with van der Waals surface area (Å²) in [5.74, 6) is 0.706. The lowest BCUT2D eigenvalue weighted by Crippen LogP contribution is -2.08. The summed E-state index contributed by atoms with van der Waals surface area (Å²) in [4.78, 5) is 11.6. The van der Waals surface area contributed by atoms with Gasteiger partial charge in [-0.25, -0.2) is 9.50 Å². The normalized spacial score (nSPS) is 10.9. The summed E-state index contributed by atoms with van der Waals surface area (Å²) < 4.78 is 7.09. The van der Waals surface area contributed by atoms with Gasteiger partial charge in [0, 0.05) is 38.1 Å². The summed E-state index contributed by atoms with van der Waals surface area (Å²) in [6, 6.07) is 10.4. The molecule has 0 bridgehead atoms. The van der Waals surface area contributed by atoms with Crippen LogP contribution < -0.4 is 15.0 Å². The van der Waals surface area contributed by atoms with E-state index in [1.807, 2.05) is 24.7 Å². The van der Waals surface area contributed by atoms with E-state index in [1.165, 1.54) is 22.6 Å². The Balaban J connectivity index is 1.53. The second-order valence-electron chi connectivity index (χ2n) is 6.27. The second-order valence-corrected chi connectivity index (χ2v) is 7.23. The van der Waals surface area contributed by atoms with Gasteiger partial charge in [-0.3, -0.25) is 4.98 Å². The number of hydrogen-bond donors (Lipinski definition) is 1. The van der Waals surface area contributed by atoms with Gasteiger partial charge in [0.2, 0.25) is 10.1 Å². The fraction of sp³-hybridized carbons (Fsp3) is 0.211. The quantitative estimate of drug-likeness (QED) is 0.552. The van der Waals surface area contributed by atoms with Crippen molar-refractivity contribution in [3.8, 4) is 17.0 Å². The fourth-order valence-electron chi connectivity index (χ4n) is 2.72. The number of pyridine rings is 1. The number of aromatic nitrogens is 4. The molecule has 0 spiro atoms. The van der Waals surface area contributed by atoms with Crippen LogP contribution in [0.3, 0.4) is 0 Å². The van der Waals surface area contributed by atoms with E-state index in [1.54, 1.807) is 25.7 Å². The number of benzene rings is 1. The van der Waals surface area contributed by atoms with E-state index < -0.39 is 0 Å². The van der Waals surface area contributed by atoms with Crippen LogP contribution in [0.15, 0.2) is 48.9 Å². The molecular formula is C19H20N6OS. The minimum Gasteiger partial charge on any atom is -0.495 e. The molecule has 3 heterocycles. The van der Waals surface area contributed by atoms with Crippen molar-refractivity contribution in [2.75, 3.05) is 31.4 Å². The third kappa shape index (κ3) is 3.56. The molecule has 0 fully saturated rings. The molecule has 0 amide bonds. The van der Waals surface area contributed by atoms with Gasteiger partial charge in [0.25, 0.3) is 0 Å². The van der Waals surface area contributed by atoms with Gasteiger partial charge in [-0.15, -0.1) is 5.10 Å². The van der Waals surface area contributed by atoms with Gasteiger partial charge in [-0.1, -0.05) is 23.5 Å². The van der Waals surface area contributed by atoms with E-state index in [9.17, 15) is 0 Å². The molecule has 138 valence electrons. The highest BCUT2D eigenvalue weighted by Gasteiger charge is 2.12. The van der Waals surface area contributed by atoms with Gasteiger partial charge in [0.15, 0.2) is 0 Å². The molecular weight excluding hydrogens is 360 g/mol. The summed E-state index contributed by atoms with van der Waals surface area (Å²) in [7, 11) is 5.70. The smallest absolute Gasteiger partial charge is 0.214 e. The van der Waals surface area contributed by atoms with Crippen LogP contribution in [0.25, 0.3) is 16.2 Å². The van der Waals surface area contributed by atoms with Crippen molar-refractivity contribution < 1.29 is 4.74 Å². The van der Waals surface area contributed by atoms with Crippen LogP contribution in [0.4, 0.5) is 10.8 Å². The molecule has 3 aromatic heterocycles. The number of anilines is 2. The number of fused-ring (bicyclic) bond motifs is 1. The zero-order valence-electron chi connectivity index (χ0n) is 15.4. The van der Waals surface area contributed by atoms with Crippen molar-refractivity contribution in [1.82, 2.24) is 19.6 Å². The Morgan fingerprint density at radius 3 is 2.70 bits per heavy atom. The number of nitrogens with zero attached hydrogens (tertiary/aromatic N) is 5. The summed E-state index contributed by atoms with van der Waals surface area (Å²) in [6.45, 7) is 0.709. The largest absolute Gasteiger partial charge is 0.495 e. The molecule has 0 aliphatic carbocycles. The highest BCUT2D eigenvalue weighted by molar-refractivity contribution is 7.20. The third-order valence-corrected chi connectivity index (χ3v) is 5.11. The van der Waals surface area contributed by atoms with Crippen LogP contribution in [0, 0.1) is 0 Å². The Bertz CT molecular complexity index is 1050. The lowest BCUT2D eigenvalue weighted by atomic mass is 10.2. The monoisotopic (exact) mass is 380 g/mol. The molecule has 0 saturated carbocycles. The third-order valence-electron chi connectivity index (χ3n) is 4.23. The lowest BCUT2D eigenvalue weighted by Gasteiger charge is -2.12. The van der Waals surface area contributed by atoms with E-state index >= 15 is 0 Å². The molecule has 27 heavy (non-hydrogen) atoms. The van der Waals surface area contributed by atoms with Gasteiger partial charge in [0.1, 0.15) is 5.75 Å². The van der Waals surface area contributed by atoms with Gasteiger partial charge >= 0.3 is 0 Å². The molecule has 8 heteroatoms. The molecule has 0 atom stereocenters. The zero-order chi connectivity index (χ0) is 18.8. The molecule has 0 aliphatic heterocycles. The number of hydrogen-bond acceptors (Lipinski definition) is 7. The number of methoxy groups -OCH3 is 1. The van der Waals surface area contributed by atoms with Crippen LogP contribution in [0.5, 0.6) is 5.75 Å². The van der Waals surface area contributed by atoms with Crippen molar-refractivity contribution in [2.24, 2.45) is 0 Å². The van der Waals surface area contributed by atoms with Gasteiger partial charge in [-0.05, 0) is 23.8 Å². The molecule has 4 aromatic rings. The summed E-state index contributed by atoms with van der Waals surface area (Å²) in [6.07, 6.45) is 5.26. The summed E-state index contributed by atoms with van der Waals surface area (Å²) in [5.41, 5.74) is 4.18. The van der Waals surface area contributed by atoms with Gasteiger partial charge < -0.3 is 15.0 Å². The van der Waals surface area contributed by atoms with E-state index in [0.29, 0.717) is 12.3 Å². The number of imidazole rings is 1. The van der Waals surface area contributed by atoms with E-state index in [2.05, 4.69) is 49.5 Å². The molecule has 1 aromatic carbocycles. The molecule has 4 rings (SSSR count). The Morgan fingerprint density at radius 1 is 1.15 bits per heavy atom. The highest BCUT2D eigenvalue weighted by atomic mass is 32.1. The first-order valence-electron chi connectivity index (χ1n) is 8.48. The maximum atomic E-state index is 5.26. The zero-order valence-corrected chi connectivity index (χ0v) is 16.2. The van der Waals surface area contributed by atoms with E-state index in [-0.39, 0.29) is 0 Å². The Hall–Kier alpha value is -3.13. The number of nitrogens with one attached hydrogen (secondary N) is 1. The van der Waals surface area contributed by atoms with Gasteiger partial charge in [-0.2, -0.15) is 0 Å². The second kappa shape index (κ2) is 7.24. The highest BCUT2D eigenvalue weighted by Crippen LogP contribution is 2.27. The predicted molar refractivity (Wildman–Crippen MR) is 109 cm³/mol. The number of rotatable bonds is 6. The van der Waals surface area contributed by atoms with Crippen molar-refractivity contribution in [3.63, 3.8) is 0 Å². The molecule has 0 saturated heterocycles. The van der Waals surface area contributed by atoms with Crippen LogP contribution >= 0.6 is 11.3 Å². The van der Waals surface area contributed by atoms with Crippen LogP contribution in [-0.4, -0.2) is 40.8 Å². The first-order valence-corrected chi connectivity index (χ1v) is 9.30. The summed E-state index contributed by atoms with van der Waals surface area (Å²) in [5, 5.41) is 8.86. The first-order chi connectivity index (χ1) is 13.1. The number of ether oxygens (including phenoxy) is 1. The Kier molecular flexibility index (Phi) is 4.64. The molecule has 0 unspecified atom stereocenters. The van der Waals surface area contributed by atoms with E-state index in [0.717, 1.165) is 21.3 Å². The maximum Gasteiger partial charge on any atom is 0.214 e. The van der Waals surface area contributed by atoms with E-state index in [4.69, 9.17) is 4.74 Å². The average Bonchev–Trinajstić information content (AvgIpc) is 3.27. The standard InChI is InChI=1S/C19H20N6OS/c1-24(2)15-6-4-13(5-7-15)9-21-18-23-25-17(12-22-19(25)27-18)14-8-16(26-3)11-20-10-14/h4-8,10-12H,9H2,1-3H3,(H,21,23). The fourth-order valence-corrected chi connectivity index (χ4v) is 3.49. The van der Waals surface area contributed by atoms with Crippen LogP contribution in [0.2, 0.25) is 0 Å². The topological polar surface area (TPSA) is 67.6 Å². The van der Waals surface area contributed by atoms with Crippen LogP contribution in [-0.2, 0) is 6.54 Å².